The maximum atomic E-state index is 8.07. The van der Waals surface area contributed by atoms with Crippen molar-refractivity contribution in [1.29, 1.82) is 0 Å². The fourth-order valence-corrected chi connectivity index (χ4v) is 0.629. The Balaban J connectivity index is 0.000000202. The van der Waals surface area contributed by atoms with Crippen molar-refractivity contribution in [2.75, 3.05) is 19.8 Å². The molecule has 1 N–H and O–H groups in total. The van der Waals surface area contributed by atoms with E-state index in [1.54, 1.807) is 0 Å². The third-order valence-corrected chi connectivity index (χ3v) is 1.19. The third kappa shape index (κ3) is 7.31. The van der Waals surface area contributed by atoms with E-state index in [0.29, 0.717) is 13.2 Å². The summed E-state index contributed by atoms with van der Waals surface area (Å²) in [5.74, 6) is 0. The zero-order valence-corrected chi connectivity index (χ0v) is 7.73. The summed E-state index contributed by atoms with van der Waals surface area (Å²) >= 11 is 0. The van der Waals surface area contributed by atoms with Crippen LogP contribution in [0.15, 0.2) is 24.5 Å². The molecule has 0 unspecified atom stereocenters. The number of hydrogen-bond donors (Lipinski definition) is 1. The van der Waals surface area contributed by atoms with Gasteiger partial charge in [0.1, 0.15) is 0 Å². The molecule has 0 atom stereocenters. The van der Waals surface area contributed by atoms with Crippen molar-refractivity contribution in [3.63, 3.8) is 0 Å². The van der Waals surface area contributed by atoms with Crippen LogP contribution in [0.5, 0.6) is 0 Å². The van der Waals surface area contributed by atoms with Gasteiger partial charge in [0.15, 0.2) is 0 Å². The largest absolute Gasteiger partial charge is 0.394 e. The molecule has 0 fully saturated rings. The molecule has 70 valence electrons. The Labute approximate surface area is 73.6 Å². The SMILES string of the molecule is CCOCCO.Cn1cccc1. The first kappa shape index (κ1) is 11.2. The van der Waals surface area contributed by atoms with E-state index in [-0.39, 0.29) is 6.61 Å². The topological polar surface area (TPSA) is 34.4 Å². The molecule has 1 aromatic heterocycles. The van der Waals surface area contributed by atoms with Crippen molar-refractivity contribution < 1.29 is 9.84 Å². The van der Waals surface area contributed by atoms with Crippen LogP contribution in [0.1, 0.15) is 6.92 Å². The number of aromatic nitrogens is 1. The van der Waals surface area contributed by atoms with Gasteiger partial charge in [-0.25, -0.2) is 0 Å². The minimum Gasteiger partial charge on any atom is -0.394 e. The highest BCUT2D eigenvalue weighted by Crippen LogP contribution is 1.80. The van der Waals surface area contributed by atoms with Crippen molar-refractivity contribution in [2.24, 2.45) is 7.05 Å². The van der Waals surface area contributed by atoms with Gasteiger partial charge in [0.2, 0.25) is 0 Å². The first-order chi connectivity index (χ1) is 5.81. The minimum absolute atomic E-state index is 0.133. The summed E-state index contributed by atoms with van der Waals surface area (Å²) in [5.41, 5.74) is 0. The first-order valence-corrected chi connectivity index (χ1v) is 4.06. The summed E-state index contributed by atoms with van der Waals surface area (Å²) in [7, 11) is 2.00. The lowest BCUT2D eigenvalue weighted by Crippen LogP contribution is -1.96. The summed E-state index contributed by atoms with van der Waals surface area (Å²) in [6, 6.07) is 4.00. The molecule has 1 rings (SSSR count). The lowest BCUT2D eigenvalue weighted by Gasteiger charge is -1.91. The van der Waals surface area contributed by atoms with Gasteiger partial charge in [-0.3, -0.25) is 0 Å². The van der Waals surface area contributed by atoms with Crippen molar-refractivity contribution in [3.8, 4) is 0 Å². The third-order valence-electron chi connectivity index (χ3n) is 1.19. The fourth-order valence-electron chi connectivity index (χ4n) is 0.629. The molecule has 0 spiro atoms. The van der Waals surface area contributed by atoms with E-state index in [1.807, 2.05) is 43.1 Å². The Morgan fingerprint density at radius 1 is 1.33 bits per heavy atom. The van der Waals surface area contributed by atoms with Gasteiger partial charge in [0, 0.05) is 26.0 Å². The second kappa shape index (κ2) is 8.30. The quantitative estimate of drug-likeness (QED) is 0.689. The van der Waals surface area contributed by atoms with Crippen LogP contribution >= 0.6 is 0 Å². The van der Waals surface area contributed by atoms with Crippen molar-refractivity contribution in [2.45, 2.75) is 6.92 Å². The molecule has 0 bridgehead atoms. The van der Waals surface area contributed by atoms with E-state index in [9.17, 15) is 0 Å². The van der Waals surface area contributed by atoms with Gasteiger partial charge in [-0.2, -0.15) is 0 Å². The molecule has 0 aromatic carbocycles. The molecule has 3 heteroatoms. The average Bonchev–Trinajstić information content (AvgIpc) is 2.53. The summed E-state index contributed by atoms with van der Waals surface area (Å²) in [4.78, 5) is 0. The van der Waals surface area contributed by atoms with E-state index in [0.717, 1.165) is 0 Å². The molecule has 0 aliphatic heterocycles. The Bertz CT molecular complexity index is 157. The van der Waals surface area contributed by atoms with Gasteiger partial charge in [-0.1, -0.05) is 0 Å². The van der Waals surface area contributed by atoms with E-state index >= 15 is 0 Å². The van der Waals surface area contributed by atoms with Crippen LogP contribution < -0.4 is 0 Å². The molecule has 0 aliphatic rings. The van der Waals surface area contributed by atoms with Crippen LogP contribution in [-0.4, -0.2) is 29.5 Å². The number of rotatable bonds is 3. The number of aliphatic hydroxyl groups excluding tert-OH is 1. The normalized spacial score (nSPS) is 8.92. The van der Waals surface area contributed by atoms with E-state index in [4.69, 9.17) is 9.84 Å². The molecular formula is C9H17NO2. The van der Waals surface area contributed by atoms with Crippen molar-refractivity contribution >= 4 is 0 Å². The van der Waals surface area contributed by atoms with E-state index < -0.39 is 0 Å². The Morgan fingerprint density at radius 2 is 1.92 bits per heavy atom. The van der Waals surface area contributed by atoms with Crippen LogP contribution in [-0.2, 0) is 11.8 Å². The summed E-state index contributed by atoms with van der Waals surface area (Å²) in [5, 5.41) is 8.07. The van der Waals surface area contributed by atoms with Gasteiger partial charge in [-0.05, 0) is 19.1 Å². The Kier molecular flexibility index (Phi) is 7.74. The lowest BCUT2D eigenvalue weighted by atomic mass is 10.7. The molecule has 0 radical (unpaired) electrons. The van der Waals surface area contributed by atoms with Gasteiger partial charge < -0.3 is 14.4 Å². The molecule has 0 saturated carbocycles. The van der Waals surface area contributed by atoms with Gasteiger partial charge in [-0.15, -0.1) is 0 Å². The second-order valence-electron chi connectivity index (χ2n) is 2.27. The van der Waals surface area contributed by atoms with Crippen LogP contribution in [0.25, 0.3) is 0 Å². The van der Waals surface area contributed by atoms with Crippen LogP contribution in [0, 0.1) is 0 Å². The molecule has 12 heavy (non-hydrogen) atoms. The Morgan fingerprint density at radius 3 is 2.08 bits per heavy atom. The van der Waals surface area contributed by atoms with E-state index in [1.165, 1.54) is 0 Å². The molecule has 1 aromatic rings. The number of hydrogen-bond acceptors (Lipinski definition) is 2. The van der Waals surface area contributed by atoms with Gasteiger partial charge >= 0.3 is 0 Å². The van der Waals surface area contributed by atoms with Gasteiger partial charge in [0.25, 0.3) is 0 Å². The zero-order chi connectivity index (χ0) is 9.23. The monoisotopic (exact) mass is 171 g/mol. The molecule has 3 nitrogen and oxygen atoms in total. The molecule has 0 saturated heterocycles. The van der Waals surface area contributed by atoms with Gasteiger partial charge in [0.05, 0.1) is 13.2 Å². The van der Waals surface area contributed by atoms with Crippen LogP contribution in [0.4, 0.5) is 0 Å². The average molecular weight is 171 g/mol. The summed E-state index contributed by atoms with van der Waals surface area (Å²) < 4.78 is 6.73. The predicted molar refractivity (Wildman–Crippen MR) is 49.0 cm³/mol. The fraction of sp³-hybridized carbons (Fsp3) is 0.556. The number of aliphatic hydroxyl groups is 1. The number of ether oxygens (including phenoxy) is 1. The Hall–Kier alpha value is -0.800. The number of nitrogens with zero attached hydrogens (tertiary/aromatic N) is 1. The van der Waals surface area contributed by atoms with Crippen molar-refractivity contribution in [3.05, 3.63) is 24.5 Å². The first-order valence-electron chi connectivity index (χ1n) is 4.06. The number of aryl methyl sites for hydroxylation is 1. The molecule has 1 heterocycles. The lowest BCUT2D eigenvalue weighted by molar-refractivity contribution is 0.102. The predicted octanol–water partition coefficient (Wildman–Crippen LogP) is 1.04. The highest BCUT2D eigenvalue weighted by molar-refractivity contribution is 4.88. The molecule has 0 aliphatic carbocycles. The molecular weight excluding hydrogens is 154 g/mol. The maximum absolute atomic E-state index is 8.07. The van der Waals surface area contributed by atoms with E-state index in [2.05, 4.69) is 0 Å². The second-order valence-corrected chi connectivity index (χ2v) is 2.27. The highest BCUT2D eigenvalue weighted by Gasteiger charge is 1.73. The van der Waals surface area contributed by atoms with Crippen LogP contribution in [0.2, 0.25) is 0 Å². The van der Waals surface area contributed by atoms with Crippen molar-refractivity contribution in [1.82, 2.24) is 4.57 Å². The smallest absolute Gasteiger partial charge is 0.0697 e. The minimum atomic E-state index is 0.133. The molecule has 0 amide bonds. The summed E-state index contributed by atoms with van der Waals surface area (Å²) in [6.45, 7) is 3.20. The maximum Gasteiger partial charge on any atom is 0.0697 e. The zero-order valence-electron chi connectivity index (χ0n) is 7.73. The standard InChI is InChI=1S/C5H7N.C4H10O2/c1-6-4-2-3-5-6;1-2-6-4-3-5/h2-5H,1H3;5H,2-4H2,1H3. The van der Waals surface area contributed by atoms with Crippen LogP contribution in [0.3, 0.4) is 0 Å². The summed E-state index contributed by atoms with van der Waals surface area (Å²) in [6.07, 6.45) is 4.00. The highest BCUT2D eigenvalue weighted by atomic mass is 16.5.